The standard InChI is InChI=1S/C20H25N3O2S/c1-14(19(25)22-20-17(18(21)24)9-12-26-20)23-10-7-16(8-11-23)13-15-5-3-2-4-6-15/h2-6,9,12,14,16H,7-8,10-11,13H2,1H3,(H2,21,24)(H,22,25)/t14-/m0/s1. The molecule has 0 aliphatic carbocycles. The molecule has 26 heavy (non-hydrogen) atoms. The Morgan fingerprint density at radius 2 is 1.92 bits per heavy atom. The summed E-state index contributed by atoms with van der Waals surface area (Å²) in [6, 6.07) is 12.0. The normalized spacial score (nSPS) is 17.0. The van der Waals surface area contributed by atoms with E-state index in [0.29, 0.717) is 16.5 Å². The van der Waals surface area contributed by atoms with Crippen LogP contribution in [0.4, 0.5) is 5.00 Å². The Kier molecular flexibility index (Phi) is 6.06. The van der Waals surface area contributed by atoms with Crippen molar-refractivity contribution in [1.29, 1.82) is 0 Å². The number of carbonyl (C=O) groups excluding carboxylic acids is 2. The van der Waals surface area contributed by atoms with Gasteiger partial charge < -0.3 is 11.1 Å². The van der Waals surface area contributed by atoms with Crippen LogP contribution in [0.1, 0.15) is 35.7 Å². The SMILES string of the molecule is C[C@@H](C(=O)Nc1sccc1C(N)=O)N1CCC(Cc2ccccc2)CC1. The number of hydrogen-bond donors (Lipinski definition) is 2. The number of nitrogens with two attached hydrogens (primary N) is 1. The maximum atomic E-state index is 12.6. The second kappa shape index (κ2) is 8.47. The van der Waals surface area contributed by atoms with Gasteiger partial charge in [0.1, 0.15) is 5.00 Å². The Balaban J connectivity index is 1.51. The highest BCUT2D eigenvalue weighted by Gasteiger charge is 2.27. The van der Waals surface area contributed by atoms with E-state index in [9.17, 15) is 9.59 Å². The van der Waals surface area contributed by atoms with Gasteiger partial charge in [0.25, 0.3) is 5.91 Å². The van der Waals surface area contributed by atoms with Gasteiger partial charge in [-0.3, -0.25) is 14.5 Å². The van der Waals surface area contributed by atoms with Crippen LogP contribution in [0, 0.1) is 5.92 Å². The number of anilines is 1. The molecule has 1 saturated heterocycles. The predicted molar refractivity (Wildman–Crippen MR) is 105 cm³/mol. The van der Waals surface area contributed by atoms with Crippen molar-refractivity contribution in [2.24, 2.45) is 11.7 Å². The van der Waals surface area contributed by atoms with Gasteiger partial charge in [-0.15, -0.1) is 11.3 Å². The van der Waals surface area contributed by atoms with E-state index in [2.05, 4.69) is 34.5 Å². The molecule has 1 aromatic heterocycles. The zero-order valence-electron chi connectivity index (χ0n) is 15.0. The summed E-state index contributed by atoms with van der Waals surface area (Å²) >= 11 is 1.32. The van der Waals surface area contributed by atoms with Gasteiger partial charge in [-0.2, -0.15) is 0 Å². The van der Waals surface area contributed by atoms with Crippen molar-refractivity contribution in [1.82, 2.24) is 4.90 Å². The molecule has 3 N–H and O–H groups in total. The number of nitrogens with zero attached hydrogens (tertiary/aromatic N) is 1. The first-order valence-electron chi connectivity index (χ1n) is 9.00. The molecule has 1 aliphatic heterocycles. The molecule has 1 fully saturated rings. The molecular formula is C20H25N3O2S. The van der Waals surface area contributed by atoms with Gasteiger partial charge in [-0.05, 0) is 62.2 Å². The van der Waals surface area contributed by atoms with Crippen molar-refractivity contribution in [3.8, 4) is 0 Å². The molecule has 2 heterocycles. The third-order valence-electron chi connectivity index (χ3n) is 5.11. The van der Waals surface area contributed by atoms with Crippen LogP contribution in [0.15, 0.2) is 41.8 Å². The summed E-state index contributed by atoms with van der Waals surface area (Å²) in [6.45, 7) is 3.75. The van der Waals surface area contributed by atoms with E-state index >= 15 is 0 Å². The van der Waals surface area contributed by atoms with Crippen molar-refractivity contribution >= 4 is 28.2 Å². The quantitative estimate of drug-likeness (QED) is 0.819. The molecule has 2 aromatic rings. The summed E-state index contributed by atoms with van der Waals surface area (Å²) in [4.78, 5) is 26.2. The number of rotatable bonds is 6. The molecule has 0 radical (unpaired) electrons. The number of thiophene rings is 1. The molecule has 1 aromatic carbocycles. The summed E-state index contributed by atoms with van der Waals surface area (Å²) in [5.74, 6) is 0.0649. The Hall–Kier alpha value is -2.18. The molecule has 1 aliphatic rings. The Morgan fingerprint density at radius 3 is 2.58 bits per heavy atom. The lowest BCUT2D eigenvalue weighted by Gasteiger charge is -2.35. The molecule has 5 nitrogen and oxygen atoms in total. The number of amides is 2. The summed E-state index contributed by atoms with van der Waals surface area (Å²) in [5.41, 5.74) is 7.09. The van der Waals surface area contributed by atoms with Gasteiger partial charge >= 0.3 is 0 Å². The summed E-state index contributed by atoms with van der Waals surface area (Å²) in [5, 5.41) is 5.15. The number of piperidine rings is 1. The highest BCUT2D eigenvalue weighted by atomic mass is 32.1. The number of nitrogens with one attached hydrogen (secondary N) is 1. The number of carbonyl (C=O) groups is 2. The van der Waals surface area contributed by atoms with E-state index < -0.39 is 5.91 Å². The van der Waals surface area contributed by atoms with Crippen LogP contribution < -0.4 is 11.1 Å². The monoisotopic (exact) mass is 371 g/mol. The summed E-state index contributed by atoms with van der Waals surface area (Å²) in [6.07, 6.45) is 3.29. The zero-order chi connectivity index (χ0) is 18.5. The second-order valence-electron chi connectivity index (χ2n) is 6.86. The summed E-state index contributed by atoms with van der Waals surface area (Å²) in [7, 11) is 0. The van der Waals surface area contributed by atoms with Gasteiger partial charge in [0.05, 0.1) is 11.6 Å². The lowest BCUT2D eigenvalue weighted by Crippen LogP contribution is -2.46. The topological polar surface area (TPSA) is 75.4 Å². The first-order chi connectivity index (χ1) is 12.5. The van der Waals surface area contributed by atoms with Gasteiger partial charge in [-0.1, -0.05) is 30.3 Å². The number of hydrogen-bond acceptors (Lipinski definition) is 4. The zero-order valence-corrected chi connectivity index (χ0v) is 15.8. The van der Waals surface area contributed by atoms with Crippen LogP contribution in [0.5, 0.6) is 0 Å². The lowest BCUT2D eigenvalue weighted by molar-refractivity contribution is -0.121. The van der Waals surface area contributed by atoms with E-state index in [4.69, 9.17) is 5.73 Å². The van der Waals surface area contributed by atoms with E-state index in [1.54, 1.807) is 11.4 Å². The van der Waals surface area contributed by atoms with Gasteiger partial charge in [0.15, 0.2) is 0 Å². The van der Waals surface area contributed by atoms with Gasteiger partial charge in [-0.25, -0.2) is 0 Å². The minimum atomic E-state index is -0.518. The van der Waals surface area contributed by atoms with Gasteiger partial charge in [0.2, 0.25) is 5.91 Å². The number of primary amides is 1. The minimum Gasteiger partial charge on any atom is -0.366 e. The van der Waals surface area contributed by atoms with Crippen LogP contribution in [0.2, 0.25) is 0 Å². The van der Waals surface area contributed by atoms with Crippen molar-refractivity contribution in [3.63, 3.8) is 0 Å². The van der Waals surface area contributed by atoms with Crippen LogP contribution in [0.3, 0.4) is 0 Å². The maximum Gasteiger partial charge on any atom is 0.251 e. The fourth-order valence-corrected chi connectivity index (χ4v) is 4.27. The maximum absolute atomic E-state index is 12.6. The molecule has 3 rings (SSSR count). The summed E-state index contributed by atoms with van der Waals surface area (Å²) < 4.78 is 0. The van der Waals surface area contributed by atoms with Crippen molar-refractivity contribution < 1.29 is 9.59 Å². The van der Waals surface area contributed by atoms with Crippen molar-refractivity contribution in [3.05, 3.63) is 52.9 Å². The van der Waals surface area contributed by atoms with Crippen LogP contribution in [0.25, 0.3) is 0 Å². The highest BCUT2D eigenvalue weighted by Crippen LogP contribution is 2.25. The van der Waals surface area contributed by atoms with Crippen molar-refractivity contribution in [2.45, 2.75) is 32.2 Å². The van der Waals surface area contributed by atoms with Crippen LogP contribution in [-0.2, 0) is 11.2 Å². The average molecular weight is 372 g/mol. The minimum absolute atomic E-state index is 0.0866. The van der Waals surface area contributed by atoms with Crippen LogP contribution in [-0.4, -0.2) is 35.8 Å². The molecule has 1 atom stereocenters. The largest absolute Gasteiger partial charge is 0.366 e. The molecule has 0 bridgehead atoms. The molecule has 6 heteroatoms. The van der Waals surface area contributed by atoms with E-state index in [-0.39, 0.29) is 11.9 Å². The Morgan fingerprint density at radius 1 is 1.23 bits per heavy atom. The van der Waals surface area contributed by atoms with E-state index in [1.165, 1.54) is 16.9 Å². The Labute approximate surface area is 158 Å². The number of benzene rings is 1. The second-order valence-corrected chi connectivity index (χ2v) is 7.78. The lowest BCUT2D eigenvalue weighted by atomic mass is 9.89. The molecule has 2 amide bonds. The first kappa shape index (κ1) is 18.6. The third kappa shape index (κ3) is 4.51. The first-order valence-corrected chi connectivity index (χ1v) is 9.88. The molecule has 0 spiro atoms. The van der Waals surface area contributed by atoms with Crippen molar-refractivity contribution in [2.75, 3.05) is 18.4 Å². The highest BCUT2D eigenvalue weighted by molar-refractivity contribution is 7.14. The number of likely N-dealkylation sites (tertiary alicyclic amines) is 1. The fraction of sp³-hybridized carbons (Fsp3) is 0.400. The van der Waals surface area contributed by atoms with Crippen LogP contribution >= 0.6 is 11.3 Å². The molecule has 138 valence electrons. The average Bonchev–Trinajstić information content (AvgIpc) is 3.11. The fourth-order valence-electron chi connectivity index (χ4n) is 3.47. The van der Waals surface area contributed by atoms with E-state index in [0.717, 1.165) is 32.4 Å². The Bertz CT molecular complexity index is 751. The van der Waals surface area contributed by atoms with Gasteiger partial charge in [0, 0.05) is 0 Å². The van der Waals surface area contributed by atoms with E-state index in [1.807, 2.05) is 13.0 Å². The molecule has 0 saturated carbocycles. The third-order valence-corrected chi connectivity index (χ3v) is 5.94. The molecule has 0 unspecified atom stereocenters. The molecular weight excluding hydrogens is 346 g/mol. The smallest absolute Gasteiger partial charge is 0.251 e. The predicted octanol–water partition coefficient (Wildman–Crippen LogP) is 3.13.